The first-order valence-electron chi connectivity index (χ1n) is 13.6. The molecule has 2 nitrogen and oxygen atoms in total. The zero-order valence-electron chi connectivity index (χ0n) is 21.3. The zero-order chi connectivity index (χ0) is 22.4. The van der Waals surface area contributed by atoms with Crippen LogP contribution in [0.2, 0.25) is 0 Å². The second-order valence-corrected chi connectivity index (χ2v) is 12.9. The van der Waals surface area contributed by atoms with E-state index >= 15 is 0 Å². The first kappa shape index (κ1) is 23.4. The molecule has 4 rings (SSSR count). The molecule has 0 aromatic heterocycles. The summed E-state index contributed by atoms with van der Waals surface area (Å²) >= 11 is 0. The van der Waals surface area contributed by atoms with Crippen LogP contribution in [0, 0.1) is 52.3 Å². The predicted molar refractivity (Wildman–Crippen MR) is 131 cm³/mol. The monoisotopic (exact) mass is 427 g/mol. The van der Waals surface area contributed by atoms with Crippen LogP contribution in [0.4, 0.5) is 0 Å². The van der Waals surface area contributed by atoms with Crippen molar-refractivity contribution in [2.45, 2.75) is 112 Å². The lowest BCUT2D eigenvalue weighted by atomic mass is 9.44. The van der Waals surface area contributed by atoms with E-state index in [4.69, 9.17) is 0 Å². The topological polar surface area (TPSA) is 32.6 Å². The molecule has 0 heterocycles. The van der Waals surface area contributed by atoms with Gasteiger partial charge in [-0.2, -0.15) is 0 Å². The van der Waals surface area contributed by atoms with Gasteiger partial charge in [-0.3, -0.25) is 0 Å². The fourth-order valence-electron chi connectivity index (χ4n) is 9.34. The summed E-state index contributed by atoms with van der Waals surface area (Å²) in [6.45, 7) is 14.6. The minimum absolute atomic E-state index is 0.333. The highest BCUT2D eigenvalue weighted by atomic mass is 16.4. The van der Waals surface area contributed by atoms with Gasteiger partial charge in [0.2, 0.25) is 0 Å². The molecular weight excluding hydrogens is 378 g/mol. The highest BCUT2D eigenvalue weighted by molar-refractivity contribution is 5.87. The van der Waals surface area contributed by atoms with Crippen LogP contribution in [0.1, 0.15) is 112 Å². The summed E-state index contributed by atoms with van der Waals surface area (Å²) in [5.41, 5.74) is 3.46. The third-order valence-corrected chi connectivity index (χ3v) is 10.9. The first-order chi connectivity index (χ1) is 14.7. The Morgan fingerprint density at radius 2 is 1.87 bits per heavy atom. The van der Waals surface area contributed by atoms with Gasteiger partial charge in [0.1, 0.15) is 0 Å². The van der Waals surface area contributed by atoms with E-state index in [1.807, 2.05) is 0 Å². The third kappa shape index (κ3) is 3.93. The maximum absolute atomic E-state index is 9.69. The number of oxime groups is 1. The molecule has 0 aromatic rings. The lowest BCUT2D eigenvalue weighted by molar-refractivity contribution is -0.0647. The number of hydrogen-bond donors (Lipinski definition) is 1. The summed E-state index contributed by atoms with van der Waals surface area (Å²) in [4.78, 5) is 0. The highest BCUT2D eigenvalue weighted by Gasteiger charge is 2.60. The zero-order valence-corrected chi connectivity index (χ0v) is 21.3. The highest BCUT2D eigenvalue weighted by Crippen LogP contribution is 2.68. The van der Waals surface area contributed by atoms with Crippen molar-refractivity contribution in [2.75, 3.05) is 0 Å². The molecule has 0 spiro atoms. The molecule has 0 unspecified atom stereocenters. The Morgan fingerprint density at radius 3 is 2.58 bits per heavy atom. The fraction of sp³-hybridized carbons (Fsp3) is 0.897. The molecule has 0 radical (unpaired) electrons. The van der Waals surface area contributed by atoms with Gasteiger partial charge in [0.15, 0.2) is 0 Å². The van der Waals surface area contributed by atoms with E-state index in [0.29, 0.717) is 16.7 Å². The third-order valence-electron chi connectivity index (χ3n) is 10.9. The van der Waals surface area contributed by atoms with E-state index < -0.39 is 0 Å². The largest absolute Gasteiger partial charge is 0.411 e. The summed E-state index contributed by atoms with van der Waals surface area (Å²) in [5.74, 6) is 5.52. The SMILES string of the molecule is C/C(=N\O)[C@H]1C[C@H]2[C@@H]3CC[C@H]([C@H](C)CCCC(C)C)[C@@]3(C)CC[C@@H]2[C@@]2(C)CCCC=C12. The second kappa shape index (κ2) is 8.86. The molecule has 0 bridgehead atoms. The van der Waals surface area contributed by atoms with Gasteiger partial charge >= 0.3 is 0 Å². The van der Waals surface area contributed by atoms with E-state index in [1.165, 1.54) is 70.6 Å². The summed E-state index contributed by atoms with van der Waals surface area (Å²) in [7, 11) is 0. The number of rotatable bonds is 6. The van der Waals surface area contributed by atoms with Crippen LogP contribution in [0.15, 0.2) is 16.8 Å². The van der Waals surface area contributed by atoms with Crippen LogP contribution in [-0.4, -0.2) is 10.9 Å². The second-order valence-electron chi connectivity index (χ2n) is 12.9. The maximum Gasteiger partial charge on any atom is 0.0611 e. The van der Waals surface area contributed by atoms with Gasteiger partial charge in [-0.25, -0.2) is 0 Å². The maximum atomic E-state index is 9.69. The molecule has 4 aliphatic rings. The molecule has 3 fully saturated rings. The van der Waals surface area contributed by atoms with Gasteiger partial charge in [-0.15, -0.1) is 0 Å². The van der Waals surface area contributed by atoms with Crippen molar-refractivity contribution in [1.82, 2.24) is 0 Å². The van der Waals surface area contributed by atoms with Crippen LogP contribution < -0.4 is 0 Å². The van der Waals surface area contributed by atoms with Gasteiger partial charge in [0, 0.05) is 5.92 Å². The first-order valence-corrected chi connectivity index (χ1v) is 13.6. The van der Waals surface area contributed by atoms with Gasteiger partial charge in [0.25, 0.3) is 0 Å². The summed E-state index contributed by atoms with van der Waals surface area (Å²) in [6.07, 6.45) is 17.6. The number of nitrogens with zero attached hydrogens (tertiary/aromatic N) is 1. The average molecular weight is 428 g/mol. The Labute approximate surface area is 192 Å². The van der Waals surface area contributed by atoms with E-state index in [9.17, 15) is 5.21 Å². The molecule has 176 valence electrons. The summed E-state index contributed by atoms with van der Waals surface area (Å²) in [5, 5.41) is 13.4. The summed E-state index contributed by atoms with van der Waals surface area (Å²) in [6, 6.07) is 0. The van der Waals surface area contributed by atoms with Crippen molar-refractivity contribution in [1.29, 1.82) is 0 Å². The minimum atomic E-state index is 0.333. The fourth-order valence-corrected chi connectivity index (χ4v) is 9.34. The van der Waals surface area contributed by atoms with Gasteiger partial charge in [-0.1, -0.05) is 70.7 Å². The Balaban J connectivity index is 1.58. The number of fused-ring (bicyclic) bond motifs is 5. The Bertz CT molecular complexity index is 708. The van der Waals surface area contributed by atoms with E-state index in [1.54, 1.807) is 5.57 Å². The minimum Gasteiger partial charge on any atom is -0.411 e. The molecule has 4 aliphatic carbocycles. The standard InChI is InChI=1S/C29H49NO/c1-19(2)10-9-11-20(3)24-13-14-26-23-18-22(21(4)30-31)25-12-7-8-16-28(25,5)27(23)15-17-29(24,26)6/h12,19-20,22-24,26-27,31H,7-11,13-18H2,1-6H3/b30-21+/t20-,22-,23+,24-,26+,27+,28+,29-/m1/s1. The van der Waals surface area contributed by atoms with Crippen molar-refractivity contribution < 1.29 is 5.21 Å². The predicted octanol–water partition coefficient (Wildman–Crippen LogP) is 8.49. The lowest BCUT2D eigenvalue weighted by Gasteiger charge is -2.60. The lowest BCUT2D eigenvalue weighted by Crippen LogP contribution is -2.53. The van der Waals surface area contributed by atoms with Crippen molar-refractivity contribution in [3.63, 3.8) is 0 Å². The Morgan fingerprint density at radius 1 is 1.10 bits per heavy atom. The van der Waals surface area contributed by atoms with Crippen LogP contribution in [0.25, 0.3) is 0 Å². The van der Waals surface area contributed by atoms with Crippen LogP contribution in [0.5, 0.6) is 0 Å². The van der Waals surface area contributed by atoms with E-state index in [-0.39, 0.29) is 0 Å². The molecule has 31 heavy (non-hydrogen) atoms. The summed E-state index contributed by atoms with van der Waals surface area (Å²) < 4.78 is 0. The van der Waals surface area contributed by atoms with E-state index in [0.717, 1.165) is 41.2 Å². The van der Waals surface area contributed by atoms with Crippen molar-refractivity contribution >= 4 is 5.71 Å². The number of hydrogen-bond acceptors (Lipinski definition) is 2. The Kier molecular flexibility index (Phi) is 6.68. The van der Waals surface area contributed by atoms with E-state index in [2.05, 4.69) is 52.8 Å². The van der Waals surface area contributed by atoms with Crippen molar-refractivity contribution in [2.24, 2.45) is 57.4 Å². The molecule has 0 amide bonds. The van der Waals surface area contributed by atoms with Crippen molar-refractivity contribution in [3.05, 3.63) is 11.6 Å². The number of allylic oxidation sites excluding steroid dienone is 2. The van der Waals surface area contributed by atoms with Crippen LogP contribution in [-0.2, 0) is 0 Å². The molecular formula is C29H49NO. The molecule has 0 saturated heterocycles. The molecule has 1 N–H and O–H groups in total. The Hall–Kier alpha value is -0.790. The van der Waals surface area contributed by atoms with Crippen molar-refractivity contribution in [3.8, 4) is 0 Å². The van der Waals surface area contributed by atoms with Gasteiger partial charge in [-0.05, 0) is 105 Å². The normalized spacial score (nSPS) is 43.8. The molecule has 8 atom stereocenters. The van der Waals surface area contributed by atoms with Gasteiger partial charge < -0.3 is 5.21 Å². The van der Waals surface area contributed by atoms with Crippen LogP contribution >= 0.6 is 0 Å². The van der Waals surface area contributed by atoms with Crippen LogP contribution in [0.3, 0.4) is 0 Å². The smallest absolute Gasteiger partial charge is 0.0611 e. The molecule has 2 heteroatoms. The quantitative estimate of drug-likeness (QED) is 0.196. The van der Waals surface area contributed by atoms with Gasteiger partial charge in [0.05, 0.1) is 5.71 Å². The molecule has 3 saturated carbocycles. The average Bonchev–Trinajstić information content (AvgIpc) is 3.09. The molecule has 0 aliphatic heterocycles. The molecule has 0 aromatic carbocycles.